The normalized spacial score (nSPS) is 11.9. The Morgan fingerprint density at radius 1 is 1.38 bits per heavy atom. The van der Waals surface area contributed by atoms with E-state index in [0.717, 1.165) is 11.9 Å². The molecular formula is C11H14F3NO. The first-order valence-corrected chi connectivity index (χ1v) is 5.08. The Labute approximate surface area is 92.5 Å². The zero-order valence-corrected chi connectivity index (χ0v) is 9.43. The van der Waals surface area contributed by atoms with Crippen LogP contribution >= 0.6 is 0 Å². The molecule has 0 radical (unpaired) electrons. The molecule has 0 aliphatic carbocycles. The van der Waals surface area contributed by atoms with Crippen molar-refractivity contribution in [2.24, 2.45) is 0 Å². The van der Waals surface area contributed by atoms with E-state index in [2.05, 4.69) is 9.72 Å². The largest absolute Gasteiger partial charge is 0.573 e. The molecule has 16 heavy (non-hydrogen) atoms. The van der Waals surface area contributed by atoms with Crippen LogP contribution in [0.25, 0.3) is 0 Å². The summed E-state index contributed by atoms with van der Waals surface area (Å²) in [6.45, 7) is 5.53. The van der Waals surface area contributed by atoms with Gasteiger partial charge in [-0.1, -0.05) is 20.8 Å². The predicted molar refractivity (Wildman–Crippen MR) is 54.4 cm³/mol. The van der Waals surface area contributed by atoms with Gasteiger partial charge in [-0.15, -0.1) is 13.2 Å². The van der Waals surface area contributed by atoms with Gasteiger partial charge in [0, 0.05) is 11.3 Å². The van der Waals surface area contributed by atoms with Crippen molar-refractivity contribution >= 4 is 0 Å². The Balaban J connectivity index is 3.08. The maximum atomic E-state index is 12.1. The lowest BCUT2D eigenvalue weighted by Gasteiger charge is -2.15. The molecule has 0 fully saturated rings. The van der Waals surface area contributed by atoms with Gasteiger partial charge in [-0.25, -0.2) is 0 Å². The summed E-state index contributed by atoms with van der Waals surface area (Å²) in [6, 6.07) is 1.66. The van der Waals surface area contributed by atoms with Crippen molar-refractivity contribution in [2.45, 2.75) is 39.5 Å². The molecule has 0 aromatic carbocycles. The van der Waals surface area contributed by atoms with E-state index in [1.807, 2.05) is 20.8 Å². The van der Waals surface area contributed by atoms with Crippen LogP contribution in [0.15, 0.2) is 12.3 Å². The molecule has 1 heterocycles. The predicted octanol–water partition coefficient (Wildman–Crippen LogP) is 3.67. The molecule has 1 rings (SSSR count). The minimum Gasteiger partial charge on any atom is -0.404 e. The molecule has 0 spiro atoms. The molecule has 0 aliphatic rings. The van der Waals surface area contributed by atoms with Gasteiger partial charge in [0.2, 0.25) is 0 Å². The first kappa shape index (κ1) is 12.8. The van der Waals surface area contributed by atoms with Crippen LogP contribution < -0.4 is 4.74 Å². The van der Waals surface area contributed by atoms with E-state index in [-0.39, 0.29) is 11.7 Å². The third kappa shape index (κ3) is 3.40. The second-order valence-corrected chi connectivity index (χ2v) is 3.77. The van der Waals surface area contributed by atoms with Crippen molar-refractivity contribution in [3.63, 3.8) is 0 Å². The van der Waals surface area contributed by atoms with Gasteiger partial charge in [0.05, 0.1) is 6.20 Å². The molecule has 0 saturated heterocycles. The summed E-state index contributed by atoms with van der Waals surface area (Å²) in [4.78, 5) is 3.90. The van der Waals surface area contributed by atoms with Crippen molar-refractivity contribution in [3.8, 4) is 5.75 Å². The lowest BCUT2D eigenvalue weighted by Crippen LogP contribution is -2.18. The summed E-state index contributed by atoms with van der Waals surface area (Å²) in [5.41, 5.74) is 1.29. The third-order valence-electron chi connectivity index (χ3n) is 2.16. The van der Waals surface area contributed by atoms with Crippen LogP contribution in [0.1, 0.15) is 37.9 Å². The number of alkyl halides is 3. The minimum atomic E-state index is -4.67. The third-order valence-corrected chi connectivity index (χ3v) is 2.16. The summed E-state index contributed by atoms with van der Waals surface area (Å²) >= 11 is 0. The van der Waals surface area contributed by atoms with Gasteiger partial charge < -0.3 is 4.74 Å². The molecule has 0 aliphatic heterocycles. The fourth-order valence-corrected chi connectivity index (χ4v) is 1.36. The van der Waals surface area contributed by atoms with Gasteiger partial charge in [0.25, 0.3) is 0 Å². The molecule has 5 heteroatoms. The topological polar surface area (TPSA) is 22.1 Å². The molecule has 0 atom stereocenters. The van der Waals surface area contributed by atoms with E-state index in [4.69, 9.17) is 0 Å². The van der Waals surface area contributed by atoms with Crippen molar-refractivity contribution in [1.29, 1.82) is 0 Å². The molecule has 0 saturated carbocycles. The molecule has 2 nitrogen and oxygen atoms in total. The summed E-state index contributed by atoms with van der Waals surface area (Å²) < 4.78 is 40.3. The number of aryl methyl sites for hydroxylation is 1. The number of rotatable bonds is 3. The van der Waals surface area contributed by atoms with E-state index in [9.17, 15) is 13.2 Å². The van der Waals surface area contributed by atoms with Gasteiger partial charge in [-0.3, -0.25) is 4.98 Å². The zero-order chi connectivity index (χ0) is 12.3. The highest BCUT2D eigenvalue weighted by molar-refractivity contribution is 5.35. The molecule has 0 amide bonds. The lowest BCUT2D eigenvalue weighted by molar-refractivity contribution is -0.275. The highest BCUT2D eigenvalue weighted by Gasteiger charge is 2.32. The zero-order valence-electron chi connectivity index (χ0n) is 9.43. The highest BCUT2D eigenvalue weighted by Crippen LogP contribution is 2.30. The summed E-state index contributed by atoms with van der Waals surface area (Å²) in [5, 5.41) is 0. The monoisotopic (exact) mass is 233 g/mol. The molecule has 0 unspecified atom stereocenters. The second-order valence-electron chi connectivity index (χ2n) is 3.77. The smallest absolute Gasteiger partial charge is 0.404 e. The van der Waals surface area contributed by atoms with Crippen LogP contribution in [-0.2, 0) is 6.42 Å². The average Bonchev–Trinajstić information content (AvgIpc) is 2.15. The van der Waals surface area contributed by atoms with E-state index in [1.165, 1.54) is 0 Å². The standard InChI is InChI=1S/C11H14F3NO/c1-4-8-5-9(7(2)3)10(6-15-8)16-11(12,13)14/h5-7H,4H2,1-3H3. The SMILES string of the molecule is CCc1cc(C(C)C)c(OC(F)(F)F)cn1. The van der Waals surface area contributed by atoms with Gasteiger partial charge >= 0.3 is 6.36 Å². The fraction of sp³-hybridized carbons (Fsp3) is 0.545. The summed E-state index contributed by atoms with van der Waals surface area (Å²) in [7, 11) is 0. The molecule has 0 N–H and O–H groups in total. The maximum Gasteiger partial charge on any atom is 0.573 e. The molecule has 0 bridgehead atoms. The second kappa shape index (κ2) is 4.72. The van der Waals surface area contributed by atoms with Crippen molar-refractivity contribution < 1.29 is 17.9 Å². The number of hydrogen-bond donors (Lipinski definition) is 0. The van der Waals surface area contributed by atoms with Crippen molar-refractivity contribution in [2.75, 3.05) is 0 Å². The van der Waals surface area contributed by atoms with E-state index < -0.39 is 6.36 Å². The Morgan fingerprint density at radius 2 is 2.00 bits per heavy atom. The van der Waals surface area contributed by atoms with Gasteiger partial charge in [0.15, 0.2) is 5.75 Å². The number of aromatic nitrogens is 1. The lowest BCUT2D eigenvalue weighted by atomic mass is 10.0. The summed E-state index contributed by atoms with van der Waals surface area (Å²) in [5.74, 6) is -0.245. The minimum absolute atomic E-state index is 0.0364. The van der Waals surface area contributed by atoms with Gasteiger partial charge in [-0.2, -0.15) is 0 Å². The number of ether oxygens (including phenoxy) is 1. The van der Waals surface area contributed by atoms with Gasteiger partial charge in [-0.05, 0) is 18.4 Å². The Bertz CT molecular complexity index is 361. The van der Waals surface area contributed by atoms with E-state index in [0.29, 0.717) is 12.0 Å². The van der Waals surface area contributed by atoms with Crippen LogP contribution in [0.2, 0.25) is 0 Å². The van der Waals surface area contributed by atoms with E-state index >= 15 is 0 Å². The Kier molecular flexibility index (Phi) is 3.78. The quantitative estimate of drug-likeness (QED) is 0.794. The van der Waals surface area contributed by atoms with Crippen LogP contribution in [0.3, 0.4) is 0 Å². The summed E-state index contributed by atoms with van der Waals surface area (Å²) in [6.07, 6.45) is -2.84. The number of halogens is 3. The van der Waals surface area contributed by atoms with Gasteiger partial charge in [0.1, 0.15) is 0 Å². The number of pyridine rings is 1. The van der Waals surface area contributed by atoms with Crippen molar-refractivity contribution in [1.82, 2.24) is 4.98 Å². The Morgan fingerprint density at radius 3 is 2.44 bits per heavy atom. The van der Waals surface area contributed by atoms with Crippen molar-refractivity contribution in [3.05, 3.63) is 23.5 Å². The fourth-order valence-electron chi connectivity index (χ4n) is 1.36. The molecular weight excluding hydrogens is 219 g/mol. The molecule has 1 aromatic heterocycles. The first-order valence-electron chi connectivity index (χ1n) is 5.08. The van der Waals surface area contributed by atoms with Crippen LogP contribution in [-0.4, -0.2) is 11.3 Å². The van der Waals surface area contributed by atoms with Crippen LogP contribution in [0.5, 0.6) is 5.75 Å². The molecule has 1 aromatic rings. The van der Waals surface area contributed by atoms with Crippen LogP contribution in [0.4, 0.5) is 13.2 Å². The molecule has 90 valence electrons. The maximum absolute atomic E-state index is 12.1. The Hall–Kier alpha value is -1.26. The first-order chi connectivity index (χ1) is 7.33. The van der Waals surface area contributed by atoms with E-state index in [1.54, 1.807) is 6.07 Å². The average molecular weight is 233 g/mol. The number of nitrogens with zero attached hydrogens (tertiary/aromatic N) is 1. The number of hydrogen-bond acceptors (Lipinski definition) is 2. The van der Waals surface area contributed by atoms with Crippen LogP contribution in [0, 0.1) is 0 Å². The highest BCUT2D eigenvalue weighted by atomic mass is 19.4.